The van der Waals surface area contributed by atoms with Gasteiger partial charge in [-0.05, 0) is 25.2 Å². The van der Waals surface area contributed by atoms with Crippen LogP contribution in [-0.2, 0) is 4.79 Å². The van der Waals surface area contributed by atoms with E-state index in [-0.39, 0.29) is 12.6 Å². The Morgan fingerprint density at radius 2 is 2.11 bits per heavy atom. The van der Waals surface area contributed by atoms with Crippen LogP contribution < -0.4 is 5.32 Å². The largest absolute Gasteiger partial charge is 0.480 e. The van der Waals surface area contributed by atoms with Gasteiger partial charge in [0.15, 0.2) is 0 Å². The maximum atomic E-state index is 12.1. The molecule has 2 amide bonds. The van der Waals surface area contributed by atoms with Crippen LogP contribution in [0.25, 0.3) is 0 Å². The molecule has 6 nitrogen and oxygen atoms in total. The molecule has 2 rings (SSSR count). The van der Waals surface area contributed by atoms with Crippen molar-refractivity contribution < 1.29 is 19.8 Å². The first-order valence-corrected chi connectivity index (χ1v) is 6.91. The fraction of sp³-hybridized carbons (Fsp3) is 0.846. The van der Waals surface area contributed by atoms with Crippen molar-refractivity contribution in [3.63, 3.8) is 0 Å². The Bertz CT molecular complexity index is 374. The van der Waals surface area contributed by atoms with Gasteiger partial charge in [-0.2, -0.15) is 0 Å². The quantitative estimate of drug-likeness (QED) is 0.692. The van der Waals surface area contributed by atoms with E-state index in [4.69, 9.17) is 0 Å². The van der Waals surface area contributed by atoms with Crippen molar-refractivity contribution in [1.82, 2.24) is 10.2 Å². The molecule has 108 valence electrons. The Balaban J connectivity index is 2.04. The lowest BCUT2D eigenvalue weighted by molar-refractivity contribution is -0.146. The fourth-order valence-electron chi connectivity index (χ4n) is 3.12. The Morgan fingerprint density at radius 1 is 1.37 bits per heavy atom. The number of hydrogen-bond acceptors (Lipinski definition) is 3. The van der Waals surface area contributed by atoms with Crippen LogP contribution in [0.1, 0.15) is 39.0 Å². The Labute approximate surface area is 112 Å². The third-order valence-corrected chi connectivity index (χ3v) is 4.20. The van der Waals surface area contributed by atoms with Crippen molar-refractivity contribution in [2.45, 2.75) is 50.7 Å². The molecule has 19 heavy (non-hydrogen) atoms. The number of β-amino-alcohol motifs (C(OH)–C–C–N with tert-alkyl or cyclic N) is 1. The minimum Gasteiger partial charge on any atom is -0.480 e. The Kier molecular flexibility index (Phi) is 3.99. The average molecular weight is 270 g/mol. The molecular formula is C13H22N2O4. The van der Waals surface area contributed by atoms with E-state index in [9.17, 15) is 19.8 Å². The summed E-state index contributed by atoms with van der Waals surface area (Å²) in [5.74, 6) is -0.651. The molecule has 0 bridgehead atoms. The first-order chi connectivity index (χ1) is 8.93. The summed E-state index contributed by atoms with van der Waals surface area (Å²) in [5, 5.41) is 21.6. The Morgan fingerprint density at radius 3 is 2.63 bits per heavy atom. The van der Waals surface area contributed by atoms with E-state index < -0.39 is 17.6 Å². The number of carboxylic acid groups (broad SMARTS) is 1. The second-order valence-electron chi connectivity index (χ2n) is 5.91. The molecule has 0 radical (unpaired) electrons. The van der Waals surface area contributed by atoms with Crippen LogP contribution in [0.4, 0.5) is 4.79 Å². The zero-order chi connectivity index (χ0) is 14.0. The molecule has 3 atom stereocenters. The van der Waals surface area contributed by atoms with Crippen molar-refractivity contribution in [3.8, 4) is 0 Å². The van der Waals surface area contributed by atoms with Crippen LogP contribution in [0, 0.1) is 5.92 Å². The molecule has 6 heteroatoms. The lowest BCUT2D eigenvalue weighted by Gasteiger charge is -2.38. The van der Waals surface area contributed by atoms with Gasteiger partial charge in [-0.25, -0.2) is 9.59 Å². The summed E-state index contributed by atoms with van der Waals surface area (Å²) < 4.78 is 0. The number of hydrogen-bond donors (Lipinski definition) is 3. The highest BCUT2D eigenvalue weighted by atomic mass is 16.4. The number of likely N-dealkylation sites (tertiary alicyclic amines) is 1. The molecule has 1 heterocycles. The number of rotatable bonds is 2. The van der Waals surface area contributed by atoms with E-state index in [0.29, 0.717) is 31.7 Å². The van der Waals surface area contributed by atoms with Crippen molar-refractivity contribution in [1.29, 1.82) is 0 Å². The number of aliphatic carboxylic acids is 1. The summed E-state index contributed by atoms with van der Waals surface area (Å²) in [7, 11) is 0. The Hall–Kier alpha value is -1.30. The van der Waals surface area contributed by atoms with Crippen molar-refractivity contribution in [2.24, 2.45) is 5.92 Å². The van der Waals surface area contributed by atoms with Gasteiger partial charge in [0.05, 0.1) is 6.10 Å². The number of nitrogens with one attached hydrogen (secondary N) is 1. The number of nitrogens with zero attached hydrogens (tertiary/aromatic N) is 1. The molecule has 3 N–H and O–H groups in total. The van der Waals surface area contributed by atoms with Crippen LogP contribution >= 0.6 is 0 Å². The van der Waals surface area contributed by atoms with Crippen LogP contribution in [0.5, 0.6) is 0 Å². The van der Waals surface area contributed by atoms with E-state index in [1.54, 1.807) is 0 Å². The number of amides is 2. The molecule has 1 aliphatic heterocycles. The van der Waals surface area contributed by atoms with Crippen molar-refractivity contribution in [2.75, 3.05) is 13.1 Å². The highest BCUT2D eigenvalue weighted by molar-refractivity contribution is 5.86. The maximum Gasteiger partial charge on any atom is 0.329 e. The summed E-state index contributed by atoms with van der Waals surface area (Å²) in [6.07, 6.45) is 2.85. The standard InChI is InChI=1S/C13H22N2O4/c1-9-3-2-5-13(7-9,11(17)18)14-12(19)15-6-4-10(16)8-15/h9-10,16H,2-8H2,1H3,(H,14,19)(H,17,18). The molecule has 2 aliphatic rings. The van der Waals surface area contributed by atoms with Crippen LogP contribution in [-0.4, -0.2) is 51.8 Å². The molecule has 0 aromatic carbocycles. The fourth-order valence-corrected chi connectivity index (χ4v) is 3.12. The first kappa shape index (κ1) is 14.1. The van der Waals surface area contributed by atoms with Gasteiger partial charge < -0.3 is 20.4 Å². The van der Waals surface area contributed by atoms with Gasteiger partial charge in [0.2, 0.25) is 0 Å². The summed E-state index contributed by atoms with van der Waals surface area (Å²) >= 11 is 0. The highest BCUT2D eigenvalue weighted by Gasteiger charge is 2.44. The highest BCUT2D eigenvalue weighted by Crippen LogP contribution is 2.32. The second-order valence-corrected chi connectivity index (χ2v) is 5.91. The zero-order valence-electron chi connectivity index (χ0n) is 11.3. The number of carbonyl (C=O) groups excluding carboxylic acids is 1. The molecule has 3 unspecified atom stereocenters. The van der Waals surface area contributed by atoms with E-state index in [1.807, 2.05) is 6.92 Å². The zero-order valence-corrected chi connectivity index (χ0v) is 11.3. The average Bonchev–Trinajstić information content (AvgIpc) is 2.75. The molecule has 0 aromatic heterocycles. The van der Waals surface area contributed by atoms with Gasteiger partial charge in [-0.1, -0.05) is 19.8 Å². The number of carbonyl (C=O) groups is 2. The van der Waals surface area contributed by atoms with Crippen LogP contribution in [0.3, 0.4) is 0 Å². The van der Waals surface area contributed by atoms with Crippen LogP contribution in [0.15, 0.2) is 0 Å². The monoisotopic (exact) mass is 270 g/mol. The summed E-state index contributed by atoms with van der Waals surface area (Å²) in [4.78, 5) is 25.2. The predicted molar refractivity (Wildman–Crippen MR) is 68.7 cm³/mol. The first-order valence-electron chi connectivity index (χ1n) is 6.91. The van der Waals surface area contributed by atoms with E-state index in [0.717, 1.165) is 12.8 Å². The summed E-state index contributed by atoms with van der Waals surface area (Å²) in [6, 6.07) is -0.368. The maximum absolute atomic E-state index is 12.1. The molecular weight excluding hydrogens is 248 g/mol. The van der Waals surface area contributed by atoms with Gasteiger partial charge in [-0.3, -0.25) is 0 Å². The topological polar surface area (TPSA) is 89.9 Å². The summed E-state index contributed by atoms with van der Waals surface area (Å²) in [5.41, 5.74) is -1.14. The molecule has 0 spiro atoms. The SMILES string of the molecule is CC1CCCC(NC(=O)N2CCC(O)C2)(C(=O)O)C1. The van der Waals surface area contributed by atoms with Gasteiger partial charge >= 0.3 is 12.0 Å². The summed E-state index contributed by atoms with van der Waals surface area (Å²) in [6.45, 7) is 2.79. The molecule has 1 saturated heterocycles. The molecule has 2 fully saturated rings. The number of aliphatic hydroxyl groups is 1. The normalized spacial score (nSPS) is 35.2. The van der Waals surface area contributed by atoms with Crippen molar-refractivity contribution >= 4 is 12.0 Å². The van der Waals surface area contributed by atoms with Gasteiger partial charge in [0.25, 0.3) is 0 Å². The van der Waals surface area contributed by atoms with E-state index >= 15 is 0 Å². The van der Waals surface area contributed by atoms with E-state index in [2.05, 4.69) is 5.32 Å². The number of urea groups is 1. The minimum atomic E-state index is -1.14. The molecule has 0 aromatic rings. The third kappa shape index (κ3) is 3.00. The lowest BCUT2D eigenvalue weighted by Crippen LogP contribution is -2.59. The van der Waals surface area contributed by atoms with Crippen LogP contribution in [0.2, 0.25) is 0 Å². The lowest BCUT2D eigenvalue weighted by atomic mass is 9.76. The predicted octanol–water partition coefficient (Wildman–Crippen LogP) is 0.796. The van der Waals surface area contributed by atoms with Gasteiger partial charge in [0.1, 0.15) is 5.54 Å². The van der Waals surface area contributed by atoms with Gasteiger partial charge in [0, 0.05) is 13.1 Å². The van der Waals surface area contributed by atoms with Crippen molar-refractivity contribution in [3.05, 3.63) is 0 Å². The molecule has 1 aliphatic carbocycles. The minimum absolute atomic E-state index is 0.289. The number of carboxylic acids is 1. The number of aliphatic hydroxyl groups excluding tert-OH is 1. The second kappa shape index (κ2) is 5.36. The molecule has 1 saturated carbocycles. The van der Waals surface area contributed by atoms with Gasteiger partial charge in [-0.15, -0.1) is 0 Å². The smallest absolute Gasteiger partial charge is 0.329 e. The van der Waals surface area contributed by atoms with E-state index in [1.165, 1.54) is 4.90 Å². The third-order valence-electron chi connectivity index (χ3n) is 4.20.